The Morgan fingerprint density at radius 1 is 0.714 bits per heavy atom. The van der Waals surface area contributed by atoms with Crippen LogP contribution in [0.2, 0.25) is 0 Å². The average Bonchev–Trinajstić information content (AvgIpc) is 3.10. The molecule has 7 unspecified atom stereocenters. The second-order valence-electron chi connectivity index (χ2n) is 12.6. The van der Waals surface area contributed by atoms with Crippen LogP contribution in [0, 0.1) is 0 Å². The molecular weight excluding hydrogens is 622 g/mol. The number of ether oxygens (including phenoxy) is 2. The van der Waals surface area contributed by atoms with Crippen LogP contribution in [0.1, 0.15) is 117 Å². The molecule has 1 heterocycles. The summed E-state index contributed by atoms with van der Waals surface area (Å²) >= 11 is 0. The molecule has 0 spiro atoms. The maximum absolute atomic E-state index is 12.8. The van der Waals surface area contributed by atoms with Gasteiger partial charge in [0.25, 0.3) is 0 Å². The lowest BCUT2D eigenvalue weighted by molar-refractivity contribution is -0.302. The highest BCUT2D eigenvalue weighted by Crippen LogP contribution is 2.22. The van der Waals surface area contributed by atoms with Gasteiger partial charge in [0.1, 0.15) is 24.4 Å². The highest BCUT2D eigenvalue weighted by atomic mass is 16.7. The Balaban J connectivity index is 2.55. The topological polar surface area (TPSA) is 149 Å². The van der Waals surface area contributed by atoms with Gasteiger partial charge in [-0.1, -0.05) is 106 Å². The quantitative estimate of drug-likeness (QED) is 0.0416. The van der Waals surface area contributed by atoms with Crippen LogP contribution < -0.4 is 5.32 Å². The van der Waals surface area contributed by atoms with Crippen molar-refractivity contribution < 1.29 is 39.8 Å². The van der Waals surface area contributed by atoms with E-state index in [9.17, 15) is 30.3 Å². The number of rotatable bonds is 28. The highest BCUT2D eigenvalue weighted by molar-refractivity contribution is 5.76. The first-order valence-electron chi connectivity index (χ1n) is 18.7. The van der Waals surface area contributed by atoms with E-state index in [2.05, 4.69) is 79.9 Å². The van der Waals surface area contributed by atoms with Crippen molar-refractivity contribution >= 4 is 5.91 Å². The highest BCUT2D eigenvalue weighted by Gasteiger charge is 2.44. The molecule has 9 heteroatoms. The second-order valence-corrected chi connectivity index (χ2v) is 12.6. The van der Waals surface area contributed by atoms with E-state index in [-0.39, 0.29) is 12.5 Å². The van der Waals surface area contributed by atoms with Crippen molar-refractivity contribution in [1.29, 1.82) is 0 Å². The molecule has 1 fully saturated rings. The van der Waals surface area contributed by atoms with E-state index in [1.165, 1.54) is 19.3 Å². The van der Waals surface area contributed by atoms with Crippen molar-refractivity contribution in [2.45, 2.75) is 159 Å². The Kier molecular flexibility index (Phi) is 27.8. The molecule has 0 aromatic carbocycles. The van der Waals surface area contributed by atoms with Crippen molar-refractivity contribution in [1.82, 2.24) is 5.32 Å². The number of hydrogen-bond donors (Lipinski definition) is 6. The molecule has 0 bridgehead atoms. The molecular formula is C40H67NO8. The van der Waals surface area contributed by atoms with E-state index >= 15 is 0 Å². The Bertz CT molecular complexity index is 989. The van der Waals surface area contributed by atoms with Gasteiger partial charge < -0.3 is 40.3 Å². The summed E-state index contributed by atoms with van der Waals surface area (Å²) in [7, 11) is 0. The van der Waals surface area contributed by atoms with Gasteiger partial charge in [0.05, 0.1) is 25.4 Å². The zero-order valence-corrected chi connectivity index (χ0v) is 30.2. The molecule has 49 heavy (non-hydrogen) atoms. The molecule has 1 rings (SSSR count). The summed E-state index contributed by atoms with van der Waals surface area (Å²) in [6.45, 7) is 3.53. The Morgan fingerprint density at radius 3 is 1.92 bits per heavy atom. The maximum Gasteiger partial charge on any atom is 0.220 e. The normalized spacial score (nSPS) is 23.3. The zero-order chi connectivity index (χ0) is 36.0. The van der Waals surface area contributed by atoms with Crippen molar-refractivity contribution in [3.05, 3.63) is 72.9 Å². The summed E-state index contributed by atoms with van der Waals surface area (Å²) in [4.78, 5) is 12.8. The Hall–Kier alpha value is -2.37. The fourth-order valence-electron chi connectivity index (χ4n) is 5.20. The molecule has 280 valence electrons. The number of unbranched alkanes of at least 4 members (excludes halogenated alkanes) is 8. The third-order valence-corrected chi connectivity index (χ3v) is 8.24. The number of aliphatic hydroxyl groups is 5. The first-order chi connectivity index (χ1) is 23.8. The molecule has 7 atom stereocenters. The summed E-state index contributed by atoms with van der Waals surface area (Å²) in [5.41, 5.74) is 0. The van der Waals surface area contributed by atoms with E-state index in [4.69, 9.17) is 9.47 Å². The fourth-order valence-corrected chi connectivity index (χ4v) is 5.20. The molecule has 0 aromatic heterocycles. The van der Waals surface area contributed by atoms with Gasteiger partial charge in [-0.05, 0) is 77.0 Å². The molecule has 1 aliphatic heterocycles. The third-order valence-electron chi connectivity index (χ3n) is 8.24. The van der Waals surface area contributed by atoms with Gasteiger partial charge in [-0.25, -0.2) is 0 Å². The maximum atomic E-state index is 12.8. The van der Waals surface area contributed by atoms with Gasteiger partial charge in [-0.3, -0.25) is 4.79 Å². The fraction of sp³-hybridized carbons (Fsp3) is 0.675. The SMILES string of the molecule is CC/C=C\C/C=C\C/C=C\CCCCCC(=O)NC(COC1OC(CO)C(O)C(O)C1O)C(O)/C=C/CC/C=C/CC/C=C/CCCCC. The number of aliphatic hydroxyl groups excluding tert-OH is 5. The standard InChI is InChI=1S/C40H67NO8/c1-3-5-7-9-11-13-15-17-19-21-23-25-27-29-34(43)33(32-48-40-39(47)38(46)37(45)35(31-42)49-40)41-36(44)30-28-26-24-22-20-18-16-14-12-10-8-6-4-2/h6,8,11-14,18-21,27,29,33-35,37-40,42-43,45-47H,3-5,7,9-10,15-17,22-26,28,30-32H2,1-2H3,(H,41,44)/b8-6-,13-11+,14-12-,20-18-,21-19+,29-27+. The van der Waals surface area contributed by atoms with Crippen LogP contribution in [0.25, 0.3) is 0 Å². The minimum Gasteiger partial charge on any atom is -0.394 e. The third kappa shape index (κ3) is 22.1. The van der Waals surface area contributed by atoms with E-state index in [1.807, 2.05) is 6.08 Å². The summed E-state index contributed by atoms with van der Waals surface area (Å²) in [6.07, 6.45) is 32.3. The van der Waals surface area contributed by atoms with Crippen molar-refractivity contribution in [2.24, 2.45) is 0 Å². The molecule has 0 aliphatic carbocycles. The average molecular weight is 690 g/mol. The predicted molar refractivity (Wildman–Crippen MR) is 198 cm³/mol. The van der Waals surface area contributed by atoms with E-state index < -0.39 is 49.5 Å². The molecule has 1 amide bonds. The van der Waals surface area contributed by atoms with E-state index in [0.717, 1.165) is 70.6 Å². The monoisotopic (exact) mass is 689 g/mol. The van der Waals surface area contributed by atoms with Gasteiger partial charge in [-0.15, -0.1) is 0 Å². The molecule has 0 saturated carbocycles. The molecule has 0 aromatic rings. The van der Waals surface area contributed by atoms with Crippen LogP contribution in [0.15, 0.2) is 72.9 Å². The smallest absolute Gasteiger partial charge is 0.220 e. The summed E-state index contributed by atoms with van der Waals surface area (Å²) in [5, 5.41) is 53.8. The minimum absolute atomic E-state index is 0.222. The van der Waals surface area contributed by atoms with Gasteiger partial charge in [0, 0.05) is 6.42 Å². The summed E-state index contributed by atoms with van der Waals surface area (Å²) in [6, 6.07) is -0.843. The van der Waals surface area contributed by atoms with Crippen molar-refractivity contribution in [3.8, 4) is 0 Å². The number of hydrogen-bond acceptors (Lipinski definition) is 8. The zero-order valence-electron chi connectivity index (χ0n) is 30.2. The first kappa shape index (κ1) is 44.7. The van der Waals surface area contributed by atoms with Crippen molar-refractivity contribution in [2.75, 3.05) is 13.2 Å². The predicted octanol–water partition coefficient (Wildman–Crippen LogP) is 6.27. The van der Waals surface area contributed by atoms with Crippen LogP contribution in [0.5, 0.6) is 0 Å². The van der Waals surface area contributed by atoms with Crippen LogP contribution in [-0.2, 0) is 14.3 Å². The van der Waals surface area contributed by atoms with E-state index in [0.29, 0.717) is 12.8 Å². The number of carbonyl (C=O) groups excluding carboxylic acids is 1. The van der Waals surface area contributed by atoms with Crippen LogP contribution in [0.3, 0.4) is 0 Å². The molecule has 0 radical (unpaired) electrons. The van der Waals surface area contributed by atoms with Crippen LogP contribution in [-0.4, -0.2) is 87.5 Å². The van der Waals surface area contributed by atoms with E-state index in [1.54, 1.807) is 6.08 Å². The van der Waals surface area contributed by atoms with Crippen LogP contribution in [0.4, 0.5) is 0 Å². The van der Waals surface area contributed by atoms with Gasteiger partial charge in [0.2, 0.25) is 5.91 Å². The Morgan fingerprint density at radius 2 is 1.29 bits per heavy atom. The number of allylic oxidation sites excluding steroid dienone is 11. The minimum atomic E-state index is -1.58. The lowest BCUT2D eigenvalue weighted by Gasteiger charge is -2.40. The largest absolute Gasteiger partial charge is 0.394 e. The second kappa shape index (κ2) is 30.5. The number of carbonyl (C=O) groups is 1. The van der Waals surface area contributed by atoms with Crippen LogP contribution >= 0.6 is 0 Å². The molecule has 1 aliphatic rings. The van der Waals surface area contributed by atoms with Crippen molar-refractivity contribution in [3.63, 3.8) is 0 Å². The summed E-state index contributed by atoms with van der Waals surface area (Å²) < 4.78 is 11.1. The van der Waals surface area contributed by atoms with Gasteiger partial charge >= 0.3 is 0 Å². The first-order valence-corrected chi connectivity index (χ1v) is 18.7. The van der Waals surface area contributed by atoms with Gasteiger partial charge in [-0.2, -0.15) is 0 Å². The van der Waals surface area contributed by atoms with Gasteiger partial charge in [0.15, 0.2) is 6.29 Å². The lowest BCUT2D eigenvalue weighted by atomic mass is 9.99. The summed E-state index contributed by atoms with van der Waals surface area (Å²) in [5.74, 6) is -0.227. The number of nitrogens with one attached hydrogen (secondary N) is 1. The lowest BCUT2D eigenvalue weighted by Crippen LogP contribution is -2.60. The Labute approximate surface area is 296 Å². The molecule has 9 nitrogen and oxygen atoms in total. The number of amides is 1. The molecule has 1 saturated heterocycles. The molecule has 6 N–H and O–H groups in total.